The Bertz CT molecular complexity index is 378. The monoisotopic (exact) mass is 267 g/mol. The Hall–Kier alpha value is -1.16. The van der Waals surface area contributed by atoms with E-state index in [2.05, 4.69) is 11.4 Å². The van der Waals surface area contributed by atoms with Gasteiger partial charge in [0.05, 0.1) is 31.9 Å². The molecule has 1 amide bonds. The van der Waals surface area contributed by atoms with E-state index in [1.807, 2.05) is 4.90 Å². The molecule has 1 saturated heterocycles. The summed E-state index contributed by atoms with van der Waals surface area (Å²) < 4.78 is 5.33. The Labute approximate surface area is 113 Å². The van der Waals surface area contributed by atoms with Gasteiger partial charge in [-0.3, -0.25) is 9.69 Å². The van der Waals surface area contributed by atoms with Crippen molar-refractivity contribution in [1.82, 2.24) is 10.2 Å². The topological polar surface area (TPSA) is 85.6 Å². The number of nitrogens with zero attached hydrogens (tertiary/aromatic N) is 2. The molecule has 2 unspecified atom stereocenters. The number of morpholine rings is 1. The fourth-order valence-corrected chi connectivity index (χ4v) is 2.45. The second kappa shape index (κ2) is 5.87. The molecule has 2 atom stereocenters. The van der Waals surface area contributed by atoms with E-state index in [1.165, 1.54) is 0 Å². The number of hydrogen-bond acceptors (Lipinski definition) is 5. The van der Waals surface area contributed by atoms with Crippen LogP contribution in [-0.2, 0) is 9.53 Å². The maximum Gasteiger partial charge on any atom is 0.235 e. The molecular formula is C13H21N3O3. The second-order valence-corrected chi connectivity index (χ2v) is 5.55. The van der Waals surface area contributed by atoms with Gasteiger partial charge in [0.1, 0.15) is 5.54 Å². The van der Waals surface area contributed by atoms with Gasteiger partial charge < -0.3 is 15.2 Å². The fraction of sp³-hybridized carbons (Fsp3) is 0.846. The molecule has 106 valence electrons. The van der Waals surface area contributed by atoms with E-state index in [0.29, 0.717) is 19.7 Å². The van der Waals surface area contributed by atoms with Crippen LogP contribution in [-0.4, -0.2) is 60.4 Å². The van der Waals surface area contributed by atoms with Gasteiger partial charge in [0.2, 0.25) is 5.91 Å². The number of carbonyl (C=O) groups excluding carboxylic acids is 1. The van der Waals surface area contributed by atoms with Crippen LogP contribution in [0.1, 0.15) is 19.8 Å². The Morgan fingerprint density at radius 2 is 2.37 bits per heavy atom. The first-order valence-electron chi connectivity index (χ1n) is 6.74. The molecule has 0 aromatic heterocycles. The van der Waals surface area contributed by atoms with E-state index in [-0.39, 0.29) is 31.1 Å². The molecule has 0 spiro atoms. The third-order valence-electron chi connectivity index (χ3n) is 3.82. The van der Waals surface area contributed by atoms with Gasteiger partial charge in [-0.2, -0.15) is 5.26 Å². The normalized spacial score (nSPS) is 27.3. The molecule has 1 heterocycles. The zero-order chi connectivity index (χ0) is 13.9. The standard InChI is InChI=1S/C13H21N3O3/c1-13(9-14,10-2-3-10)15-12(18)7-16-4-5-19-11(6-16)8-17/h10-11,17H,2-8H2,1H3,(H,15,18). The third-order valence-corrected chi connectivity index (χ3v) is 3.82. The van der Waals surface area contributed by atoms with Crippen molar-refractivity contribution in [1.29, 1.82) is 5.26 Å². The van der Waals surface area contributed by atoms with Gasteiger partial charge in [-0.15, -0.1) is 0 Å². The lowest BCUT2D eigenvalue weighted by Crippen LogP contribution is -2.53. The third kappa shape index (κ3) is 3.66. The van der Waals surface area contributed by atoms with Crippen molar-refractivity contribution < 1.29 is 14.6 Å². The number of aliphatic hydroxyl groups excluding tert-OH is 1. The van der Waals surface area contributed by atoms with E-state index in [9.17, 15) is 10.1 Å². The lowest BCUT2D eigenvalue weighted by atomic mass is 9.98. The van der Waals surface area contributed by atoms with Crippen LogP contribution < -0.4 is 5.32 Å². The zero-order valence-corrected chi connectivity index (χ0v) is 11.3. The summed E-state index contributed by atoms with van der Waals surface area (Å²) in [6.45, 7) is 3.77. The Balaban J connectivity index is 1.82. The lowest BCUT2D eigenvalue weighted by Gasteiger charge is -2.32. The molecule has 6 nitrogen and oxygen atoms in total. The van der Waals surface area contributed by atoms with E-state index in [4.69, 9.17) is 9.84 Å². The van der Waals surface area contributed by atoms with Crippen LogP contribution in [0, 0.1) is 17.2 Å². The van der Waals surface area contributed by atoms with Gasteiger partial charge in [0.15, 0.2) is 0 Å². The van der Waals surface area contributed by atoms with Crippen molar-refractivity contribution in [2.45, 2.75) is 31.4 Å². The summed E-state index contributed by atoms with van der Waals surface area (Å²) in [5, 5.41) is 21.1. The Morgan fingerprint density at radius 1 is 1.63 bits per heavy atom. The van der Waals surface area contributed by atoms with E-state index >= 15 is 0 Å². The average molecular weight is 267 g/mol. The van der Waals surface area contributed by atoms with E-state index in [0.717, 1.165) is 12.8 Å². The number of rotatable bonds is 5. The summed E-state index contributed by atoms with van der Waals surface area (Å²) in [6.07, 6.45) is 1.80. The van der Waals surface area contributed by atoms with Crippen molar-refractivity contribution in [2.24, 2.45) is 5.92 Å². The number of nitriles is 1. The van der Waals surface area contributed by atoms with E-state index in [1.54, 1.807) is 6.92 Å². The quantitative estimate of drug-likeness (QED) is 0.700. The van der Waals surface area contributed by atoms with Crippen molar-refractivity contribution in [2.75, 3.05) is 32.8 Å². The maximum absolute atomic E-state index is 12.0. The van der Waals surface area contributed by atoms with Crippen LogP contribution in [0.3, 0.4) is 0 Å². The van der Waals surface area contributed by atoms with Crippen molar-refractivity contribution >= 4 is 5.91 Å². The summed E-state index contributed by atoms with van der Waals surface area (Å²) in [6, 6.07) is 2.21. The average Bonchev–Trinajstić information content (AvgIpc) is 3.23. The van der Waals surface area contributed by atoms with Gasteiger partial charge in [0.25, 0.3) is 0 Å². The Morgan fingerprint density at radius 3 is 2.95 bits per heavy atom. The molecule has 6 heteroatoms. The number of ether oxygens (including phenoxy) is 1. The predicted molar refractivity (Wildman–Crippen MR) is 68.2 cm³/mol. The van der Waals surface area contributed by atoms with Crippen molar-refractivity contribution in [3.8, 4) is 6.07 Å². The first kappa shape index (κ1) is 14.3. The molecule has 0 aromatic rings. The number of carbonyl (C=O) groups is 1. The SMILES string of the molecule is CC(C#N)(NC(=O)CN1CCOC(CO)C1)C1CC1. The molecule has 0 radical (unpaired) electrons. The molecule has 1 aliphatic heterocycles. The molecule has 2 rings (SSSR count). The van der Waals surface area contributed by atoms with Gasteiger partial charge >= 0.3 is 0 Å². The van der Waals surface area contributed by atoms with Gasteiger partial charge in [-0.1, -0.05) is 0 Å². The summed E-state index contributed by atoms with van der Waals surface area (Å²) >= 11 is 0. The summed E-state index contributed by atoms with van der Waals surface area (Å²) in [5.74, 6) is 0.158. The van der Waals surface area contributed by atoms with Crippen LogP contribution in [0.25, 0.3) is 0 Å². The highest BCUT2D eigenvalue weighted by Gasteiger charge is 2.43. The first-order valence-corrected chi connectivity index (χ1v) is 6.74. The first-order chi connectivity index (χ1) is 9.07. The minimum atomic E-state index is -0.736. The molecule has 19 heavy (non-hydrogen) atoms. The molecule has 2 aliphatic rings. The molecule has 2 fully saturated rings. The van der Waals surface area contributed by atoms with Gasteiger partial charge in [-0.05, 0) is 25.7 Å². The largest absolute Gasteiger partial charge is 0.394 e. The van der Waals surface area contributed by atoms with Crippen LogP contribution in [0.5, 0.6) is 0 Å². The van der Waals surface area contributed by atoms with Crippen LogP contribution >= 0.6 is 0 Å². The van der Waals surface area contributed by atoms with E-state index < -0.39 is 5.54 Å². The highest BCUT2D eigenvalue weighted by atomic mass is 16.5. The minimum absolute atomic E-state index is 0.0316. The zero-order valence-electron chi connectivity index (χ0n) is 11.3. The summed E-state index contributed by atoms with van der Waals surface area (Å²) in [7, 11) is 0. The molecule has 0 bridgehead atoms. The molecule has 2 N–H and O–H groups in total. The number of aliphatic hydroxyl groups is 1. The summed E-state index contributed by atoms with van der Waals surface area (Å²) in [4.78, 5) is 14.0. The maximum atomic E-state index is 12.0. The number of hydrogen-bond donors (Lipinski definition) is 2. The van der Waals surface area contributed by atoms with Crippen molar-refractivity contribution in [3.05, 3.63) is 0 Å². The second-order valence-electron chi connectivity index (χ2n) is 5.55. The molecule has 1 saturated carbocycles. The highest BCUT2D eigenvalue weighted by molar-refractivity contribution is 5.79. The molecular weight excluding hydrogens is 246 g/mol. The van der Waals surface area contributed by atoms with Crippen LogP contribution in [0.2, 0.25) is 0 Å². The van der Waals surface area contributed by atoms with Crippen LogP contribution in [0.15, 0.2) is 0 Å². The van der Waals surface area contributed by atoms with Gasteiger partial charge in [-0.25, -0.2) is 0 Å². The molecule has 0 aromatic carbocycles. The van der Waals surface area contributed by atoms with Gasteiger partial charge in [0, 0.05) is 13.1 Å². The predicted octanol–water partition coefficient (Wildman–Crippen LogP) is -0.512. The Kier molecular flexibility index (Phi) is 4.40. The summed E-state index contributed by atoms with van der Waals surface area (Å²) in [5.41, 5.74) is -0.736. The minimum Gasteiger partial charge on any atom is -0.394 e. The highest BCUT2D eigenvalue weighted by Crippen LogP contribution is 2.39. The van der Waals surface area contributed by atoms with Crippen LogP contribution in [0.4, 0.5) is 0 Å². The van der Waals surface area contributed by atoms with Crippen molar-refractivity contribution in [3.63, 3.8) is 0 Å². The fourth-order valence-electron chi connectivity index (χ4n) is 2.45. The lowest BCUT2D eigenvalue weighted by molar-refractivity contribution is -0.126. The number of nitrogens with one attached hydrogen (secondary N) is 1. The number of amides is 1. The molecule has 1 aliphatic carbocycles. The smallest absolute Gasteiger partial charge is 0.235 e.